The number of nitrogens with one attached hydrogen (secondary N) is 20. The van der Waals surface area contributed by atoms with Crippen LogP contribution >= 0.6 is 0 Å². The van der Waals surface area contributed by atoms with Crippen molar-refractivity contribution in [1.82, 2.24) is 115 Å². The van der Waals surface area contributed by atoms with Crippen molar-refractivity contribution in [1.29, 1.82) is 5.41 Å². The molecule has 0 aliphatic heterocycles. The molecule has 0 spiro atoms. The minimum Gasteiger partial charge on any atom is -0.508 e. The molecule has 15 atom stereocenters. The summed E-state index contributed by atoms with van der Waals surface area (Å²) in [6.07, 6.45) is -0.434. The van der Waals surface area contributed by atoms with E-state index in [1.807, 2.05) is 0 Å². The number of carboxylic acid groups (broad SMARTS) is 6. The first-order valence-corrected chi connectivity index (χ1v) is 44.5. The van der Waals surface area contributed by atoms with E-state index in [1.54, 1.807) is 30.3 Å². The van der Waals surface area contributed by atoms with Gasteiger partial charge in [0.2, 0.25) is 94.5 Å². The Labute approximate surface area is 814 Å². The number of carbonyl (C=O) groups is 22. The first kappa shape index (κ1) is 119. The van der Waals surface area contributed by atoms with E-state index in [-0.39, 0.29) is 80.0 Å². The number of unbranched alkanes of at least 4 members (excludes halogenated alkanes) is 1. The summed E-state index contributed by atoms with van der Waals surface area (Å²) in [7, 11) is 0. The third-order valence-corrected chi connectivity index (χ3v) is 20.8. The number of phenols is 1. The van der Waals surface area contributed by atoms with E-state index in [2.05, 4.69) is 115 Å². The third kappa shape index (κ3) is 45.7. The largest absolute Gasteiger partial charge is 0.508 e. The van der Waals surface area contributed by atoms with Gasteiger partial charge in [0.05, 0.1) is 51.0 Å². The summed E-state index contributed by atoms with van der Waals surface area (Å²) in [4.78, 5) is 314. The van der Waals surface area contributed by atoms with Gasteiger partial charge in [-0.05, 0) is 94.0 Å². The maximum atomic E-state index is 14.7. The second-order valence-electron chi connectivity index (χ2n) is 32.9. The fraction of sp³-hybridized carbons (Fsp3) is 0.488. The van der Waals surface area contributed by atoms with Crippen molar-refractivity contribution in [3.05, 3.63) is 120 Å². The first-order valence-electron chi connectivity index (χ1n) is 44.5. The van der Waals surface area contributed by atoms with Crippen molar-refractivity contribution in [2.24, 2.45) is 28.9 Å². The number of aromatic nitrogens is 6. The zero-order valence-electron chi connectivity index (χ0n) is 78.2. The Morgan fingerprint density at radius 2 is 0.755 bits per heavy atom. The van der Waals surface area contributed by atoms with E-state index in [4.69, 9.17) is 43.4 Å². The Hall–Kier alpha value is -16.6. The molecule has 3 heterocycles. The molecule has 16 amide bonds. The van der Waals surface area contributed by atoms with Crippen LogP contribution in [0.3, 0.4) is 0 Å². The number of hydrogen-bond acceptors (Lipinski definition) is 30. The molecule has 0 saturated heterocycles. The topological polar surface area (TPSA) is 944 Å². The van der Waals surface area contributed by atoms with Gasteiger partial charge in [-0.3, -0.25) is 106 Å². The molecule has 57 nitrogen and oxygen atoms in total. The van der Waals surface area contributed by atoms with E-state index < -0.39 is 317 Å². The molecule has 0 radical (unpaired) electrons. The van der Waals surface area contributed by atoms with Gasteiger partial charge in [0, 0.05) is 101 Å². The number of hydrogen-bond donors (Lipinski definition) is 32. The van der Waals surface area contributed by atoms with Gasteiger partial charge in [0.15, 0.2) is 5.96 Å². The zero-order chi connectivity index (χ0) is 107. The number of guanidine groups is 1. The van der Waals surface area contributed by atoms with Crippen molar-refractivity contribution < 1.29 is 146 Å². The van der Waals surface area contributed by atoms with E-state index in [1.165, 1.54) is 75.7 Å². The number of aliphatic carboxylic acids is 6. The number of phenolic OH excluding ortho intramolecular Hbond substituents is 1. The minimum absolute atomic E-state index is 0.0614. The lowest BCUT2D eigenvalue weighted by atomic mass is 10.00. The number of benzene rings is 2. The monoisotopic (exact) mass is 2010 g/mol. The van der Waals surface area contributed by atoms with E-state index in [0.717, 1.165) is 13.8 Å². The lowest BCUT2D eigenvalue weighted by molar-refractivity contribution is -0.143. The number of nitrogens with zero attached hydrogens (tertiary/aromatic N) is 3. The number of imidazole rings is 3. The maximum absolute atomic E-state index is 14.7. The Morgan fingerprint density at radius 3 is 1.16 bits per heavy atom. The van der Waals surface area contributed by atoms with Gasteiger partial charge in [-0.1, -0.05) is 56.3 Å². The maximum Gasteiger partial charge on any atom is 0.326 e. The van der Waals surface area contributed by atoms with Gasteiger partial charge in [0.1, 0.15) is 90.3 Å². The molecule has 782 valence electrons. The average molecular weight is 2020 g/mol. The van der Waals surface area contributed by atoms with Crippen molar-refractivity contribution in [3.8, 4) is 5.75 Å². The molecule has 0 fully saturated rings. The number of H-pyrrole nitrogens is 3. The fourth-order valence-electron chi connectivity index (χ4n) is 13.4. The Kier molecular flexibility index (Phi) is 51.1. The molecule has 143 heavy (non-hydrogen) atoms. The smallest absolute Gasteiger partial charge is 0.326 e. The molecular formula is C86H123N27O30. The normalized spacial score (nSPS) is 14.0. The Balaban J connectivity index is 0.0000104. The zero-order valence-corrected chi connectivity index (χ0v) is 78.2. The number of amides is 16. The summed E-state index contributed by atoms with van der Waals surface area (Å²) in [6, 6.07) is -13.3. The first-order chi connectivity index (χ1) is 67.6. The number of aromatic hydroxyl groups is 1. The SMILES string of the molecule is CC(=O)O.CC(C)[C@H](NC(=O)[C@H](CCC(=O)O)NC(=O)[C@H](Cc1ccc(O)cc1)NC(=O)CNC(=O)[C@H](CO)NC(=O)[C@H](CC(=O)O)NC(=O)[C@H](Cc1cnc[nH]1)NC(=O)[C@H](CCCNC(=N)N)NC(=O)[C@H](Cc1ccccc1)NC(=O)[C@H](CCC(=O)O)NC(=O)[C@H](C)NC(=O)[C@@H](N)CC(=O)O)C(=O)N[C@@H](Cc1cnc[nH]1)C(=O)N[C@@H](Cc1cnc[nH]1)C(=O)N[C@@H](CCC(N)=O)C(=O)N[C@@H](CCCCN)C(=O)O. The molecular weight excluding hydrogens is 1890 g/mol. The molecule has 5 rings (SSSR count). The van der Waals surface area contributed by atoms with Crippen LogP contribution < -0.4 is 108 Å². The van der Waals surface area contributed by atoms with Crippen LogP contribution in [0.1, 0.15) is 139 Å². The van der Waals surface area contributed by atoms with Gasteiger partial charge in [-0.15, -0.1) is 0 Å². The van der Waals surface area contributed by atoms with Crippen LogP contribution in [0.4, 0.5) is 0 Å². The second kappa shape index (κ2) is 61.6. The summed E-state index contributed by atoms with van der Waals surface area (Å²) in [5.74, 6) is -28.6. The fourth-order valence-corrected chi connectivity index (χ4v) is 13.4. The highest BCUT2D eigenvalue weighted by molar-refractivity contribution is 6.02. The number of carboxylic acids is 6. The number of aromatic amines is 3. The predicted octanol–water partition coefficient (Wildman–Crippen LogP) is -9.51. The minimum atomic E-state index is -2.20. The summed E-state index contributed by atoms with van der Waals surface area (Å²) >= 11 is 0. The number of primary amides is 1. The Morgan fingerprint density at radius 1 is 0.385 bits per heavy atom. The van der Waals surface area contributed by atoms with E-state index in [9.17, 15) is 131 Å². The molecule has 0 unspecified atom stereocenters. The van der Waals surface area contributed by atoms with Crippen LogP contribution in [0.25, 0.3) is 0 Å². The lowest BCUT2D eigenvalue weighted by Gasteiger charge is -2.29. The third-order valence-electron chi connectivity index (χ3n) is 20.8. The average Bonchev–Trinajstić information content (AvgIpc) is 1.13. The molecule has 0 aliphatic carbocycles. The summed E-state index contributed by atoms with van der Waals surface area (Å²) in [6.45, 7) is 2.81. The highest BCUT2D eigenvalue weighted by atomic mass is 16.4. The second-order valence-corrected chi connectivity index (χ2v) is 32.9. The summed E-state index contributed by atoms with van der Waals surface area (Å²) < 4.78 is 0. The highest BCUT2D eigenvalue weighted by Gasteiger charge is 2.40. The van der Waals surface area contributed by atoms with Crippen LogP contribution in [0.15, 0.2) is 92.2 Å². The lowest BCUT2D eigenvalue weighted by Crippen LogP contribution is -2.61. The van der Waals surface area contributed by atoms with Crippen LogP contribution in [0, 0.1) is 11.3 Å². The van der Waals surface area contributed by atoms with E-state index >= 15 is 0 Å². The van der Waals surface area contributed by atoms with Crippen molar-refractivity contribution in [2.75, 3.05) is 26.2 Å². The predicted molar refractivity (Wildman–Crippen MR) is 494 cm³/mol. The van der Waals surface area contributed by atoms with Gasteiger partial charge in [0.25, 0.3) is 5.97 Å². The van der Waals surface area contributed by atoms with Gasteiger partial charge in [-0.2, -0.15) is 0 Å². The van der Waals surface area contributed by atoms with Gasteiger partial charge >= 0.3 is 29.8 Å². The number of carbonyl (C=O) groups excluding carboxylic acids is 16. The summed E-state index contributed by atoms with van der Waals surface area (Å²) in [5, 5.41) is 122. The number of rotatable bonds is 64. The molecule has 5 aromatic rings. The standard InChI is InChI=1S/C84H119N27O28.C2H4O2/c1-41(2)68(82(137)109-59(30-47-35-92-40-97-47)80(135)107-57(28-45-33-90-38-95-45)78(133)102-51(18-21-62(87)114)73(128)104-54(83(138)139)12-7-8-24-85)111-75(130)53(20-23-65(118)119)103-76(131)55(27-44-14-16-48(113)17-15-44)99-63(115)36-94-71(126)61(37-112)110-81(136)60(32-67(122)123)108-79(134)58(29-46-34-91-39-96-46)106-72(127)50(13-9-25-93-84(88)89)101-77(132)56(26-43-10-5-4-6-11-43)105-74(129)52(19-22-64(116)117)100-69(124)42(3)98-70(125)49(86)31-66(120)121;1-2(3)4/h4-6,10-11,14-17,33-35,38-42,49-61,68,112-113H,7-9,12-13,18-32,36-37,85-86H2,1-3H3,(H2,87,114)(H,90,95)(H,91,96)(H,92,97)(H,94,126)(H,98,125)(H,99,115)(H,100,124)(H,101,132)(H,102,133)(H,103,131)(H,104,128)(H,105,129)(H,106,127)(H,107,135)(H,108,134)(H,109,137)(H,110,136)(H,111,130)(H,116,117)(H,118,119)(H,120,121)(H,122,123)(H,138,139)(H4,88,89,93);1H3,(H,3,4)/t42-,49-,50-,51-,52-,53-,54-,55-,56-,57-,58-,59-,60-,61-,68-;/m0./s1. The molecule has 0 saturated carbocycles. The van der Waals surface area contributed by atoms with E-state index in [0.29, 0.717) is 12.0 Å². The van der Waals surface area contributed by atoms with Crippen LogP contribution in [0.5, 0.6) is 5.75 Å². The van der Waals surface area contributed by atoms with Gasteiger partial charge in [-0.25, -0.2) is 19.7 Å². The molecule has 0 aliphatic rings. The highest BCUT2D eigenvalue weighted by Crippen LogP contribution is 2.17. The number of aliphatic hydroxyl groups excluding tert-OH is 1. The van der Waals surface area contributed by atoms with Crippen molar-refractivity contribution in [2.45, 2.75) is 234 Å². The number of nitrogens with two attached hydrogens (primary N) is 4. The number of aliphatic hydroxyl groups is 1. The Bertz CT molecular complexity index is 5150. The van der Waals surface area contributed by atoms with Gasteiger partial charge < -0.3 is 164 Å². The molecule has 2 aromatic carbocycles. The summed E-state index contributed by atoms with van der Waals surface area (Å²) in [5.41, 5.74) is 23.3. The molecule has 0 bridgehead atoms. The van der Waals surface area contributed by atoms with Crippen molar-refractivity contribution in [3.63, 3.8) is 0 Å². The molecule has 3 aromatic heterocycles. The van der Waals surface area contributed by atoms with Crippen LogP contribution in [0.2, 0.25) is 0 Å². The quantitative estimate of drug-likeness (QED) is 0.00976. The van der Waals surface area contributed by atoms with Crippen LogP contribution in [-0.2, 0) is 138 Å². The van der Waals surface area contributed by atoms with Crippen LogP contribution in [-0.4, -0.2) is 324 Å². The molecule has 57 heteroatoms. The van der Waals surface area contributed by atoms with Crippen molar-refractivity contribution >= 4 is 136 Å². The molecule has 36 N–H and O–H groups in total.